The van der Waals surface area contributed by atoms with Gasteiger partial charge >= 0.3 is 0 Å². The molecule has 18 heavy (non-hydrogen) atoms. The van der Waals surface area contributed by atoms with Crippen LogP contribution in [0.15, 0.2) is 30.6 Å². The van der Waals surface area contributed by atoms with Gasteiger partial charge < -0.3 is 9.72 Å². The highest BCUT2D eigenvalue weighted by molar-refractivity contribution is 6.32. The Morgan fingerprint density at radius 3 is 3.11 bits per heavy atom. The molecule has 0 spiro atoms. The van der Waals surface area contributed by atoms with Crippen LogP contribution in [0.3, 0.4) is 0 Å². The summed E-state index contributed by atoms with van der Waals surface area (Å²) < 4.78 is 5.34. The van der Waals surface area contributed by atoms with Crippen molar-refractivity contribution in [3.63, 3.8) is 0 Å². The van der Waals surface area contributed by atoms with Gasteiger partial charge in [-0.15, -0.1) is 0 Å². The average Bonchev–Trinajstić information content (AvgIpc) is 2.83. The normalized spacial score (nSPS) is 10.1. The van der Waals surface area contributed by atoms with Crippen LogP contribution < -0.4 is 10.1 Å². The van der Waals surface area contributed by atoms with Crippen LogP contribution in [0.1, 0.15) is 5.56 Å². The second-order valence-electron chi connectivity index (χ2n) is 3.71. The molecule has 0 saturated carbocycles. The molecular weight excluding hydrogens is 254 g/mol. The standard InChI is InChI=1S/C12H12ClN3O2/c1-8-2-3-9(13)10(6-8)18-7-11(17)16-12-14-4-5-15-12/h2-6H,7H2,1H3,(H2,14,15,16,17). The zero-order valence-electron chi connectivity index (χ0n) is 9.74. The molecule has 5 nitrogen and oxygen atoms in total. The molecule has 0 fully saturated rings. The van der Waals surface area contributed by atoms with Crippen molar-refractivity contribution in [2.24, 2.45) is 0 Å². The Hall–Kier alpha value is -2.01. The molecule has 0 bridgehead atoms. The number of benzene rings is 1. The van der Waals surface area contributed by atoms with E-state index in [0.717, 1.165) is 5.56 Å². The Morgan fingerprint density at radius 2 is 2.39 bits per heavy atom. The lowest BCUT2D eigenvalue weighted by Gasteiger charge is -2.08. The summed E-state index contributed by atoms with van der Waals surface area (Å²) in [4.78, 5) is 18.2. The second kappa shape index (κ2) is 5.55. The van der Waals surface area contributed by atoms with Crippen LogP contribution in [0.5, 0.6) is 5.75 Å². The second-order valence-corrected chi connectivity index (χ2v) is 4.12. The molecule has 0 unspecified atom stereocenters. The molecule has 0 aliphatic heterocycles. The molecule has 2 rings (SSSR count). The predicted octanol–water partition coefficient (Wildman–Crippen LogP) is 2.39. The molecular formula is C12H12ClN3O2. The molecule has 1 aromatic heterocycles. The first kappa shape index (κ1) is 12.4. The van der Waals surface area contributed by atoms with Crippen LogP contribution in [0.4, 0.5) is 5.95 Å². The number of H-pyrrole nitrogens is 1. The molecule has 0 aliphatic rings. The van der Waals surface area contributed by atoms with Crippen molar-refractivity contribution >= 4 is 23.5 Å². The highest BCUT2D eigenvalue weighted by Crippen LogP contribution is 2.25. The maximum Gasteiger partial charge on any atom is 0.264 e. The number of nitrogens with one attached hydrogen (secondary N) is 2. The fourth-order valence-corrected chi connectivity index (χ4v) is 1.54. The highest BCUT2D eigenvalue weighted by Gasteiger charge is 2.07. The van der Waals surface area contributed by atoms with Gasteiger partial charge in [-0.2, -0.15) is 0 Å². The lowest BCUT2D eigenvalue weighted by Crippen LogP contribution is -2.20. The van der Waals surface area contributed by atoms with Crippen molar-refractivity contribution in [2.45, 2.75) is 6.92 Å². The molecule has 0 aliphatic carbocycles. The number of halogens is 1. The number of aryl methyl sites for hydroxylation is 1. The smallest absolute Gasteiger partial charge is 0.264 e. The number of aromatic amines is 1. The molecule has 1 heterocycles. The molecule has 94 valence electrons. The van der Waals surface area contributed by atoms with E-state index < -0.39 is 0 Å². The van der Waals surface area contributed by atoms with E-state index in [9.17, 15) is 4.79 Å². The number of amides is 1. The zero-order valence-corrected chi connectivity index (χ0v) is 10.5. The number of hydrogen-bond donors (Lipinski definition) is 2. The van der Waals surface area contributed by atoms with Gasteiger partial charge in [0.2, 0.25) is 5.95 Å². The van der Waals surface area contributed by atoms with Crippen molar-refractivity contribution in [3.05, 3.63) is 41.2 Å². The Balaban J connectivity index is 1.91. The number of anilines is 1. The molecule has 0 atom stereocenters. The maximum atomic E-state index is 11.5. The largest absolute Gasteiger partial charge is 0.482 e. The summed E-state index contributed by atoms with van der Waals surface area (Å²) in [5.41, 5.74) is 1.01. The molecule has 1 amide bonds. The number of carbonyl (C=O) groups is 1. The van der Waals surface area contributed by atoms with E-state index in [2.05, 4.69) is 15.3 Å². The Kier molecular flexibility index (Phi) is 3.84. The fraction of sp³-hybridized carbons (Fsp3) is 0.167. The average molecular weight is 266 g/mol. The molecule has 6 heteroatoms. The molecule has 0 saturated heterocycles. The first-order valence-corrected chi connectivity index (χ1v) is 5.71. The highest BCUT2D eigenvalue weighted by atomic mass is 35.5. The third-order valence-corrected chi connectivity index (χ3v) is 2.51. The van der Waals surface area contributed by atoms with E-state index in [1.807, 2.05) is 13.0 Å². The Labute approximate surface area is 109 Å². The first-order valence-electron chi connectivity index (χ1n) is 5.33. The Morgan fingerprint density at radius 1 is 1.56 bits per heavy atom. The van der Waals surface area contributed by atoms with E-state index in [4.69, 9.17) is 16.3 Å². The predicted molar refractivity (Wildman–Crippen MR) is 68.9 cm³/mol. The van der Waals surface area contributed by atoms with Gasteiger partial charge in [-0.05, 0) is 24.6 Å². The maximum absolute atomic E-state index is 11.5. The SMILES string of the molecule is Cc1ccc(Cl)c(OCC(=O)Nc2ncc[nH]2)c1. The van der Waals surface area contributed by atoms with Crippen molar-refractivity contribution in [3.8, 4) is 5.75 Å². The van der Waals surface area contributed by atoms with Crippen LogP contribution in [0.25, 0.3) is 0 Å². The minimum Gasteiger partial charge on any atom is -0.482 e. The summed E-state index contributed by atoms with van der Waals surface area (Å²) in [6.45, 7) is 1.80. The summed E-state index contributed by atoms with van der Waals surface area (Å²) in [5, 5.41) is 3.03. The van der Waals surface area contributed by atoms with E-state index in [0.29, 0.717) is 16.7 Å². The van der Waals surface area contributed by atoms with Crippen LogP contribution in [0.2, 0.25) is 5.02 Å². The van der Waals surface area contributed by atoms with Gasteiger partial charge in [0, 0.05) is 12.4 Å². The van der Waals surface area contributed by atoms with Crippen molar-refractivity contribution in [1.29, 1.82) is 0 Å². The zero-order chi connectivity index (χ0) is 13.0. The van der Waals surface area contributed by atoms with E-state index >= 15 is 0 Å². The summed E-state index contributed by atoms with van der Waals surface area (Å²) in [6.07, 6.45) is 3.17. The van der Waals surface area contributed by atoms with Gasteiger partial charge in [-0.25, -0.2) is 4.98 Å². The summed E-state index contributed by atoms with van der Waals surface area (Å²) in [6, 6.07) is 5.39. The van der Waals surface area contributed by atoms with Crippen molar-refractivity contribution in [2.75, 3.05) is 11.9 Å². The number of hydrogen-bond acceptors (Lipinski definition) is 3. The summed E-state index contributed by atoms with van der Waals surface area (Å²) in [7, 11) is 0. The number of nitrogens with zero attached hydrogens (tertiary/aromatic N) is 1. The number of rotatable bonds is 4. The van der Waals surface area contributed by atoms with Crippen molar-refractivity contribution < 1.29 is 9.53 Å². The van der Waals surface area contributed by atoms with Gasteiger partial charge in [0.15, 0.2) is 6.61 Å². The minimum atomic E-state index is -0.303. The van der Waals surface area contributed by atoms with Gasteiger partial charge in [-0.3, -0.25) is 10.1 Å². The topological polar surface area (TPSA) is 67.0 Å². The molecule has 1 aromatic carbocycles. The van der Waals surface area contributed by atoms with Gasteiger partial charge in [0.25, 0.3) is 5.91 Å². The van der Waals surface area contributed by atoms with Crippen LogP contribution >= 0.6 is 11.6 Å². The number of carbonyl (C=O) groups excluding carboxylic acids is 1. The summed E-state index contributed by atoms with van der Waals surface area (Å²) in [5.74, 6) is 0.577. The molecule has 0 radical (unpaired) electrons. The third-order valence-electron chi connectivity index (χ3n) is 2.20. The van der Waals surface area contributed by atoms with Crippen LogP contribution in [-0.2, 0) is 4.79 Å². The number of ether oxygens (including phenoxy) is 1. The minimum absolute atomic E-state index is 0.121. The van der Waals surface area contributed by atoms with E-state index in [1.54, 1.807) is 24.5 Å². The quantitative estimate of drug-likeness (QED) is 0.892. The third kappa shape index (κ3) is 3.24. The lowest BCUT2D eigenvalue weighted by molar-refractivity contribution is -0.118. The van der Waals surface area contributed by atoms with E-state index in [-0.39, 0.29) is 12.5 Å². The van der Waals surface area contributed by atoms with Crippen LogP contribution in [-0.4, -0.2) is 22.5 Å². The van der Waals surface area contributed by atoms with Gasteiger partial charge in [0.05, 0.1) is 5.02 Å². The van der Waals surface area contributed by atoms with Crippen molar-refractivity contribution in [1.82, 2.24) is 9.97 Å². The van der Waals surface area contributed by atoms with Gasteiger partial charge in [0.1, 0.15) is 5.75 Å². The van der Waals surface area contributed by atoms with Gasteiger partial charge in [-0.1, -0.05) is 17.7 Å². The van der Waals surface area contributed by atoms with Crippen LogP contribution in [0, 0.1) is 6.92 Å². The first-order chi connectivity index (χ1) is 8.65. The monoisotopic (exact) mass is 265 g/mol. The molecule has 2 N–H and O–H groups in total. The number of aromatic nitrogens is 2. The van der Waals surface area contributed by atoms with E-state index in [1.165, 1.54) is 0 Å². The molecule has 2 aromatic rings. The number of imidazole rings is 1. The Bertz CT molecular complexity index is 540. The fourth-order valence-electron chi connectivity index (χ4n) is 1.37. The summed E-state index contributed by atoms with van der Waals surface area (Å²) >= 11 is 5.95. The lowest BCUT2D eigenvalue weighted by atomic mass is 10.2.